The summed E-state index contributed by atoms with van der Waals surface area (Å²) in [5.41, 5.74) is 5.92. The average molecular weight is 276 g/mol. The number of likely N-dealkylation sites (tertiary alicyclic amines) is 1. The molecule has 0 aromatic carbocycles. The highest BCUT2D eigenvalue weighted by molar-refractivity contribution is 7.88. The fraction of sp³-hybridized carbons (Fsp3) is 0.909. The van der Waals surface area contributed by atoms with Crippen LogP contribution in [0.1, 0.15) is 26.2 Å². The topological polar surface area (TPSA) is 87.8 Å². The first-order chi connectivity index (χ1) is 8.38. The van der Waals surface area contributed by atoms with Gasteiger partial charge in [0.2, 0.25) is 10.0 Å². The van der Waals surface area contributed by atoms with Gasteiger partial charge in [0.1, 0.15) is 0 Å². The van der Waals surface area contributed by atoms with Gasteiger partial charge < -0.3 is 10.6 Å². The first-order valence-electron chi connectivity index (χ1n) is 6.38. The lowest BCUT2D eigenvalue weighted by molar-refractivity contribution is 0.270. The van der Waals surface area contributed by atoms with Crippen LogP contribution in [0, 0.1) is 5.92 Å². The fourth-order valence-electron chi connectivity index (χ4n) is 2.03. The van der Waals surface area contributed by atoms with Crippen molar-refractivity contribution in [1.29, 1.82) is 0 Å². The van der Waals surface area contributed by atoms with E-state index < -0.39 is 10.0 Å². The van der Waals surface area contributed by atoms with Gasteiger partial charge in [0.25, 0.3) is 0 Å². The van der Waals surface area contributed by atoms with Gasteiger partial charge in [0.15, 0.2) is 5.96 Å². The molecule has 3 N–H and O–H groups in total. The Bertz CT molecular complexity index is 381. The Kier molecular flexibility index (Phi) is 5.87. The van der Waals surface area contributed by atoms with Crippen LogP contribution >= 0.6 is 0 Å². The predicted octanol–water partition coefficient (Wildman–Crippen LogP) is -0.0277. The van der Waals surface area contributed by atoms with Crippen molar-refractivity contribution in [2.45, 2.75) is 26.2 Å². The van der Waals surface area contributed by atoms with Gasteiger partial charge in [-0.3, -0.25) is 4.99 Å². The number of aliphatic imine (C=N–C) groups is 1. The zero-order valence-electron chi connectivity index (χ0n) is 11.2. The third-order valence-corrected chi connectivity index (χ3v) is 3.68. The van der Waals surface area contributed by atoms with Crippen LogP contribution in [0.2, 0.25) is 0 Å². The Hall–Kier alpha value is -0.820. The summed E-state index contributed by atoms with van der Waals surface area (Å²) in [5.74, 6) is 1.25. The molecule has 6 nitrogen and oxygen atoms in total. The van der Waals surface area contributed by atoms with Crippen LogP contribution in [-0.4, -0.2) is 51.7 Å². The molecule has 1 atom stereocenters. The number of nitrogens with zero attached hydrogens (tertiary/aromatic N) is 2. The zero-order valence-corrected chi connectivity index (χ0v) is 12.0. The molecule has 1 unspecified atom stereocenters. The van der Waals surface area contributed by atoms with Crippen LogP contribution in [0.5, 0.6) is 0 Å². The molecule has 0 radical (unpaired) electrons. The molecule has 106 valence electrons. The van der Waals surface area contributed by atoms with Crippen LogP contribution in [0.3, 0.4) is 0 Å². The number of nitrogens with two attached hydrogens (primary N) is 1. The number of hydrogen-bond donors (Lipinski definition) is 2. The van der Waals surface area contributed by atoms with Gasteiger partial charge in [-0.25, -0.2) is 13.1 Å². The second kappa shape index (κ2) is 6.94. The fourth-order valence-corrected chi connectivity index (χ4v) is 2.54. The van der Waals surface area contributed by atoms with Crippen LogP contribution in [0.4, 0.5) is 0 Å². The molecule has 1 aliphatic rings. The number of hydrogen-bond acceptors (Lipinski definition) is 3. The van der Waals surface area contributed by atoms with E-state index >= 15 is 0 Å². The Morgan fingerprint density at radius 2 is 2.28 bits per heavy atom. The molecule has 0 aromatic rings. The Labute approximate surface area is 110 Å². The molecule has 1 rings (SSSR count). The molecular formula is C11H24N4O2S. The van der Waals surface area contributed by atoms with Gasteiger partial charge in [-0.2, -0.15) is 0 Å². The Morgan fingerprint density at radius 1 is 1.56 bits per heavy atom. The van der Waals surface area contributed by atoms with E-state index in [0.717, 1.165) is 25.8 Å². The van der Waals surface area contributed by atoms with Gasteiger partial charge in [-0.1, -0.05) is 6.92 Å². The second-order valence-electron chi connectivity index (χ2n) is 4.95. The first kappa shape index (κ1) is 15.2. The van der Waals surface area contributed by atoms with E-state index in [1.165, 1.54) is 6.42 Å². The lowest BCUT2D eigenvalue weighted by Gasteiger charge is -2.31. The van der Waals surface area contributed by atoms with Crippen molar-refractivity contribution in [2.24, 2.45) is 16.6 Å². The van der Waals surface area contributed by atoms with Gasteiger partial charge >= 0.3 is 0 Å². The minimum absolute atomic E-state index is 0.409. The zero-order chi connectivity index (χ0) is 13.6. The lowest BCUT2D eigenvalue weighted by atomic mass is 10.0. The van der Waals surface area contributed by atoms with E-state index in [-0.39, 0.29) is 0 Å². The Balaban J connectivity index is 2.25. The molecule has 0 aliphatic carbocycles. The SMILES string of the molecule is CC1CCCN(C(N)=NCCCNS(C)(=O)=O)C1. The summed E-state index contributed by atoms with van der Waals surface area (Å²) in [6.07, 6.45) is 4.23. The van der Waals surface area contributed by atoms with Crippen molar-refractivity contribution < 1.29 is 8.42 Å². The monoisotopic (exact) mass is 276 g/mol. The molecule has 0 spiro atoms. The van der Waals surface area contributed by atoms with Crippen molar-refractivity contribution in [3.8, 4) is 0 Å². The van der Waals surface area contributed by atoms with Crippen molar-refractivity contribution in [3.63, 3.8) is 0 Å². The highest BCUT2D eigenvalue weighted by Crippen LogP contribution is 2.14. The van der Waals surface area contributed by atoms with Crippen LogP contribution < -0.4 is 10.5 Å². The normalized spacial score (nSPS) is 22.2. The standard InChI is InChI=1S/C11H24N4O2S/c1-10-5-3-8-15(9-10)11(12)13-6-4-7-14-18(2,16)17/h10,14H,3-9H2,1-2H3,(H2,12,13). The summed E-state index contributed by atoms with van der Waals surface area (Å²) in [4.78, 5) is 6.40. The summed E-state index contributed by atoms with van der Waals surface area (Å²) < 4.78 is 24.1. The molecule has 1 aliphatic heterocycles. The smallest absolute Gasteiger partial charge is 0.208 e. The second-order valence-corrected chi connectivity index (χ2v) is 6.79. The van der Waals surface area contributed by atoms with Crippen molar-refractivity contribution in [1.82, 2.24) is 9.62 Å². The highest BCUT2D eigenvalue weighted by Gasteiger charge is 2.17. The van der Waals surface area contributed by atoms with E-state index in [0.29, 0.717) is 31.4 Å². The van der Waals surface area contributed by atoms with Crippen LogP contribution in [0.25, 0.3) is 0 Å². The Morgan fingerprint density at radius 3 is 2.89 bits per heavy atom. The van der Waals surface area contributed by atoms with Crippen molar-refractivity contribution in [3.05, 3.63) is 0 Å². The maximum absolute atomic E-state index is 10.8. The van der Waals surface area contributed by atoms with E-state index in [1.54, 1.807) is 0 Å². The predicted molar refractivity (Wildman–Crippen MR) is 73.9 cm³/mol. The maximum Gasteiger partial charge on any atom is 0.208 e. The number of nitrogens with one attached hydrogen (secondary N) is 1. The molecule has 0 amide bonds. The summed E-state index contributed by atoms with van der Waals surface area (Å²) in [5, 5.41) is 0. The summed E-state index contributed by atoms with van der Waals surface area (Å²) in [6, 6.07) is 0. The molecule has 1 saturated heterocycles. The van der Waals surface area contributed by atoms with Gasteiger partial charge in [0.05, 0.1) is 6.26 Å². The van der Waals surface area contributed by atoms with Gasteiger partial charge in [-0.15, -0.1) is 0 Å². The molecule has 0 bridgehead atoms. The number of piperidine rings is 1. The number of rotatable bonds is 5. The van der Waals surface area contributed by atoms with E-state index in [9.17, 15) is 8.42 Å². The molecule has 1 fully saturated rings. The molecule has 7 heteroatoms. The number of guanidine groups is 1. The lowest BCUT2D eigenvalue weighted by Crippen LogP contribution is -2.43. The summed E-state index contributed by atoms with van der Waals surface area (Å²) in [7, 11) is -3.09. The van der Waals surface area contributed by atoms with E-state index in [4.69, 9.17) is 5.73 Å². The first-order valence-corrected chi connectivity index (χ1v) is 8.27. The third kappa shape index (κ3) is 6.20. The summed E-state index contributed by atoms with van der Waals surface area (Å²) in [6.45, 7) is 5.12. The van der Waals surface area contributed by atoms with Gasteiger partial charge in [-0.05, 0) is 25.2 Å². The average Bonchev–Trinajstić information content (AvgIpc) is 2.26. The highest BCUT2D eigenvalue weighted by atomic mass is 32.2. The van der Waals surface area contributed by atoms with E-state index in [1.807, 2.05) is 0 Å². The largest absolute Gasteiger partial charge is 0.370 e. The molecular weight excluding hydrogens is 252 g/mol. The number of sulfonamides is 1. The molecule has 1 heterocycles. The third-order valence-electron chi connectivity index (χ3n) is 2.95. The van der Waals surface area contributed by atoms with Crippen LogP contribution in [-0.2, 0) is 10.0 Å². The quantitative estimate of drug-likeness (QED) is 0.419. The molecule has 18 heavy (non-hydrogen) atoms. The van der Waals surface area contributed by atoms with E-state index in [2.05, 4.69) is 21.5 Å². The molecule has 0 saturated carbocycles. The van der Waals surface area contributed by atoms with Gasteiger partial charge in [0, 0.05) is 26.2 Å². The minimum Gasteiger partial charge on any atom is -0.370 e. The van der Waals surface area contributed by atoms with Crippen molar-refractivity contribution >= 4 is 16.0 Å². The van der Waals surface area contributed by atoms with Crippen molar-refractivity contribution in [2.75, 3.05) is 32.4 Å². The maximum atomic E-state index is 10.8. The summed E-state index contributed by atoms with van der Waals surface area (Å²) >= 11 is 0. The minimum atomic E-state index is -3.09. The van der Waals surface area contributed by atoms with Crippen LogP contribution in [0.15, 0.2) is 4.99 Å². The molecule has 0 aromatic heterocycles.